The van der Waals surface area contributed by atoms with Gasteiger partial charge in [0.2, 0.25) is 0 Å². The number of nitrogens with zero attached hydrogens (tertiary/aromatic N) is 3. The molecule has 0 heterocycles. The fourth-order valence-electron chi connectivity index (χ4n) is 1.88. The maximum atomic E-state index is 5.36. The van der Waals surface area contributed by atoms with Gasteiger partial charge in [0.1, 0.15) is 11.4 Å². The van der Waals surface area contributed by atoms with Crippen molar-refractivity contribution in [3.05, 3.63) is 12.1 Å². The van der Waals surface area contributed by atoms with Crippen molar-refractivity contribution < 1.29 is 4.52 Å². The predicted molar refractivity (Wildman–Crippen MR) is 79.8 cm³/mol. The summed E-state index contributed by atoms with van der Waals surface area (Å²) in [6.07, 6.45) is 0. The average Bonchev–Trinajstić information content (AvgIpc) is 2.26. The molecule has 1 aromatic carbocycles. The van der Waals surface area contributed by atoms with E-state index < -0.39 is 0 Å². The van der Waals surface area contributed by atoms with Crippen LogP contribution in [0, 0.1) is 0 Å². The van der Waals surface area contributed by atoms with Gasteiger partial charge in [0, 0.05) is 42.3 Å². The summed E-state index contributed by atoms with van der Waals surface area (Å²) in [4.78, 5) is 6.29. The molecule has 4 nitrogen and oxygen atoms in total. The third-order valence-electron chi connectivity index (χ3n) is 2.60. The molecule has 0 radical (unpaired) electrons. The molecule has 1 aromatic rings. The van der Waals surface area contributed by atoms with Crippen molar-refractivity contribution in [1.29, 1.82) is 0 Å². The molecule has 0 bridgehead atoms. The monoisotopic (exact) mass is 255 g/mol. The van der Waals surface area contributed by atoms with E-state index in [1.165, 1.54) is 5.69 Å². The van der Waals surface area contributed by atoms with E-state index in [0.29, 0.717) is 0 Å². The molecule has 0 amide bonds. The van der Waals surface area contributed by atoms with Gasteiger partial charge in [-0.05, 0) is 12.1 Å². The molecule has 1 atom stereocenters. The maximum Gasteiger partial charge on any atom is 0.148 e. The molecule has 1 unspecified atom stereocenters. The van der Waals surface area contributed by atoms with Crippen molar-refractivity contribution >= 4 is 26.5 Å². The van der Waals surface area contributed by atoms with Crippen LogP contribution in [0.15, 0.2) is 12.1 Å². The third-order valence-corrected chi connectivity index (χ3v) is 2.85. The van der Waals surface area contributed by atoms with Crippen LogP contribution in [0.5, 0.6) is 5.75 Å². The van der Waals surface area contributed by atoms with Gasteiger partial charge in [-0.2, -0.15) is 0 Å². The molecule has 17 heavy (non-hydrogen) atoms. The molecule has 96 valence electrons. The van der Waals surface area contributed by atoms with Crippen molar-refractivity contribution in [2.45, 2.75) is 0 Å². The van der Waals surface area contributed by atoms with Crippen LogP contribution in [-0.4, -0.2) is 42.3 Å². The van der Waals surface area contributed by atoms with Gasteiger partial charge in [-0.15, -0.1) is 0 Å². The Labute approximate surface area is 106 Å². The maximum absolute atomic E-state index is 5.36. The lowest BCUT2D eigenvalue weighted by atomic mass is 10.1. The normalized spacial score (nSPS) is 10.1. The molecule has 5 heteroatoms. The molecule has 0 fully saturated rings. The molecule has 0 aliphatic carbocycles. The van der Waals surface area contributed by atoms with Crippen LogP contribution in [0.1, 0.15) is 0 Å². The Balaban J connectivity index is 3.53. The smallest absolute Gasteiger partial charge is 0.148 e. The van der Waals surface area contributed by atoms with Crippen LogP contribution in [0.2, 0.25) is 0 Å². The van der Waals surface area contributed by atoms with Crippen molar-refractivity contribution in [1.82, 2.24) is 0 Å². The first-order valence-corrected chi connectivity index (χ1v) is 5.93. The second-order valence-electron chi connectivity index (χ2n) is 4.58. The average molecular weight is 255 g/mol. The summed E-state index contributed by atoms with van der Waals surface area (Å²) < 4.78 is 5.36. The predicted octanol–water partition coefficient (Wildman–Crippen LogP) is 2.05. The lowest BCUT2D eigenvalue weighted by Crippen LogP contribution is -2.21. The third kappa shape index (κ3) is 2.75. The Morgan fingerprint density at radius 3 is 1.71 bits per heavy atom. The van der Waals surface area contributed by atoms with Gasteiger partial charge >= 0.3 is 0 Å². The first-order chi connectivity index (χ1) is 7.90. The number of hydrogen-bond donors (Lipinski definition) is 0. The molecular weight excluding hydrogens is 233 g/mol. The summed E-state index contributed by atoms with van der Waals surface area (Å²) >= 11 is 0. The van der Waals surface area contributed by atoms with Crippen LogP contribution >= 0.6 is 9.47 Å². The Kier molecular flexibility index (Phi) is 4.47. The summed E-state index contributed by atoms with van der Waals surface area (Å²) in [5, 5.41) is 0. The zero-order valence-electron chi connectivity index (χ0n) is 11.5. The van der Waals surface area contributed by atoms with Gasteiger partial charge in [0.05, 0.1) is 20.8 Å². The summed E-state index contributed by atoms with van der Waals surface area (Å²) in [7, 11) is 14.5. The minimum absolute atomic E-state index is 0.856. The second kappa shape index (κ2) is 5.46. The highest BCUT2D eigenvalue weighted by atomic mass is 31.0. The molecule has 0 aliphatic rings. The van der Waals surface area contributed by atoms with Crippen molar-refractivity contribution in [2.24, 2.45) is 0 Å². The zero-order valence-corrected chi connectivity index (χ0v) is 12.6. The van der Waals surface area contributed by atoms with E-state index in [1.807, 2.05) is 48.4 Å². The van der Waals surface area contributed by atoms with Crippen LogP contribution in [0.4, 0.5) is 17.1 Å². The van der Waals surface area contributed by atoms with Crippen LogP contribution in [-0.2, 0) is 0 Å². The topological polar surface area (TPSA) is 19.0 Å². The zero-order chi connectivity index (χ0) is 13.2. The van der Waals surface area contributed by atoms with E-state index in [4.69, 9.17) is 4.52 Å². The lowest BCUT2D eigenvalue weighted by molar-refractivity contribution is 0.644. The Bertz CT molecular complexity index is 392. The van der Waals surface area contributed by atoms with Crippen LogP contribution in [0.3, 0.4) is 0 Å². The first kappa shape index (κ1) is 13.9. The highest BCUT2D eigenvalue weighted by Crippen LogP contribution is 2.43. The fraction of sp³-hybridized carbons (Fsp3) is 0.500. The molecule has 0 saturated heterocycles. The fourth-order valence-corrected chi connectivity index (χ4v) is 2.07. The Morgan fingerprint density at radius 2 is 1.35 bits per heavy atom. The van der Waals surface area contributed by atoms with Gasteiger partial charge in [0.25, 0.3) is 0 Å². The van der Waals surface area contributed by atoms with Gasteiger partial charge in [0.15, 0.2) is 0 Å². The number of anilines is 3. The molecule has 0 aromatic heterocycles. The van der Waals surface area contributed by atoms with Crippen LogP contribution < -0.4 is 19.2 Å². The van der Waals surface area contributed by atoms with E-state index in [2.05, 4.69) is 30.2 Å². The Hall–Kier alpha value is -1.15. The molecule has 0 aliphatic heterocycles. The largest absolute Gasteiger partial charge is 0.478 e. The van der Waals surface area contributed by atoms with Gasteiger partial charge in [-0.3, -0.25) is 0 Å². The lowest BCUT2D eigenvalue weighted by Gasteiger charge is -2.29. The van der Waals surface area contributed by atoms with E-state index in [-0.39, 0.29) is 0 Å². The number of hydrogen-bond acceptors (Lipinski definition) is 4. The molecule has 0 spiro atoms. The van der Waals surface area contributed by atoms with Gasteiger partial charge in [-0.25, -0.2) is 0 Å². The molecule has 0 saturated carbocycles. The van der Waals surface area contributed by atoms with Gasteiger partial charge < -0.3 is 19.2 Å². The highest BCUT2D eigenvalue weighted by molar-refractivity contribution is 7.10. The van der Waals surface area contributed by atoms with E-state index >= 15 is 0 Å². The van der Waals surface area contributed by atoms with E-state index in [9.17, 15) is 0 Å². The molecule has 0 N–H and O–H groups in total. The standard InChI is InChI=1S/C12H22N3OP/c1-13(2)9-7-8-10(16-17)12(15(5)6)11(9)14(3)4/h7-8H,17H2,1-6H3. The van der Waals surface area contributed by atoms with Crippen molar-refractivity contribution in [2.75, 3.05) is 57.0 Å². The Morgan fingerprint density at radius 1 is 0.824 bits per heavy atom. The molecule has 1 rings (SSSR count). The van der Waals surface area contributed by atoms with Crippen molar-refractivity contribution in [3.63, 3.8) is 0 Å². The first-order valence-electron chi connectivity index (χ1n) is 5.45. The quantitative estimate of drug-likeness (QED) is 0.766. The van der Waals surface area contributed by atoms with E-state index in [1.54, 1.807) is 0 Å². The summed E-state index contributed by atoms with van der Waals surface area (Å²) in [5.74, 6) is 0.856. The van der Waals surface area contributed by atoms with Gasteiger partial charge in [-0.1, -0.05) is 0 Å². The minimum Gasteiger partial charge on any atom is -0.478 e. The van der Waals surface area contributed by atoms with Crippen LogP contribution in [0.25, 0.3) is 0 Å². The summed E-state index contributed by atoms with van der Waals surface area (Å²) in [6.45, 7) is 0. The minimum atomic E-state index is 0.856. The number of rotatable bonds is 4. The van der Waals surface area contributed by atoms with Crippen molar-refractivity contribution in [3.8, 4) is 5.75 Å². The molecular formula is C12H22N3OP. The summed E-state index contributed by atoms with van der Waals surface area (Å²) in [5.41, 5.74) is 3.40. The second-order valence-corrected chi connectivity index (χ2v) is 4.82. The summed E-state index contributed by atoms with van der Waals surface area (Å²) in [6, 6.07) is 4.06. The SMILES string of the molecule is CN(C)c1ccc(OP)c(N(C)C)c1N(C)C. The van der Waals surface area contributed by atoms with E-state index in [0.717, 1.165) is 17.1 Å². The number of benzene rings is 1. The highest BCUT2D eigenvalue weighted by Gasteiger charge is 2.18.